The van der Waals surface area contributed by atoms with E-state index in [1.54, 1.807) is 5.56 Å². The van der Waals surface area contributed by atoms with E-state index < -0.39 is 0 Å². The molecule has 332 valence electrons. The number of hydrogen-bond acceptors (Lipinski definition) is 2. The molecule has 2 heterocycles. The first-order chi connectivity index (χ1) is 30.4. The van der Waals surface area contributed by atoms with Gasteiger partial charge < -0.3 is 9.80 Å². The van der Waals surface area contributed by atoms with Crippen molar-refractivity contribution in [3.63, 3.8) is 0 Å². The van der Waals surface area contributed by atoms with Crippen LogP contribution in [0.1, 0.15) is 165 Å². The van der Waals surface area contributed by atoms with Crippen molar-refractivity contribution in [3.8, 4) is 11.1 Å². The van der Waals surface area contributed by atoms with Gasteiger partial charge in [-0.05, 0) is 199 Å². The van der Waals surface area contributed by atoms with Crippen LogP contribution in [-0.2, 0) is 32.5 Å². The molecule has 65 heavy (non-hydrogen) atoms. The highest BCUT2D eigenvalue weighted by atomic mass is 15.2. The quantitative estimate of drug-likeness (QED) is 0.163. The molecule has 0 radical (unpaired) electrons. The van der Waals surface area contributed by atoms with Crippen molar-refractivity contribution < 1.29 is 0 Å². The molecule has 11 rings (SSSR count). The van der Waals surface area contributed by atoms with Crippen LogP contribution >= 0.6 is 0 Å². The molecule has 0 unspecified atom stereocenters. The zero-order chi connectivity index (χ0) is 46.1. The van der Waals surface area contributed by atoms with Gasteiger partial charge in [-0.25, -0.2) is 0 Å². The van der Waals surface area contributed by atoms with Crippen LogP contribution in [0, 0.1) is 20.8 Å². The first-order valence-electron chi connectivity index (χ1n) is 24.9. The second-order valence-electron chi connectivity index (χ2n) is 25.2. The molecule has 0 N–H and O–H groups in total. The minimum absolute atomic E-state index is 0.0492. The predicted octanol–water partition coefficient (Wildman–Crippen LogP) is 15.0. The molecule has 0 saturated carbocycles. The average Bonchev–Trinajstić information content (AvgIpc) is 3.42. The van der Waals surface area contributed by atoms with Crippen molar-refractivity contribution in [2.45, 2.75) is 168 Å². The van der Waals surface area contributed by atoms with Gasteiger partial charge in [0.2, 0.25) is 0 Å². The Morgan fingerprint density at radius 3 is 1.55 bits per heavy atom. The monoisotopic (exact) mass is 855 g/mol. The molecule has 3 heteroatoms. The summed E-state index contributed by atoms with van der Waals surface area (Å²) < 4.78 is 0. The molecule has 0 amide bonds. The first-order valence-corrected chi connectivity index (χ1v) is 24.9. The third-order valence-corrected chi connectivity index (χ3v) is 17.7. The summed E-state index contributed by atoms with van der Waals surface area (Å²) in [5.74, 6) is 0. The average molecular weight is 855 g/mol. The van der Waals surface area contributed by atoms with Crippen LogP contribution in [0.2, 0.25) is 0 Å². The maximum absolute atomic E-state index is 2.74. The number of aryl methyl sites for hydroxylation is 2. The van der Waals surface area contributed by atoms with Gasteiger partial charge in [0.25, 0.3) is 6.71 Å². The predicted molar refractivity (Wildman–Crippen MR) is 281 cm³/mol. The fourth-order valence-corrected chi connectivity index (χ4v) is 14.1. The van der Waals surface area contributed by atoms with Crippen LogP contribution in [0.15, 0.2) is 97.1 Å². The molecule has 0 atom stereocenters. The van der Waals surface area contributed by atoms with Crippen LogP contribution in [-0.4, -0.2) is 6.71 Å². The lowest BCUT2D eigenvalue weighted by Gasteiger charge is -2.47. The zero-order valence-corrected chi connectivity index (χ0v) is 42.2. The lowest BCUT2D eigenvalue weighted by molar-refractivity contribution is 0.330. The maximum atomic E-state index is 2.74. The highest BCUT2D eigenvalue weighted by Gasteiger charge is 2.49. The largest absolute Gasteiger partial charge is 0.311 e. The van der Waals surface area contributed by atoms with E-state index in [9.17, 15) is 0 Å². The Bertz CT molecular complexity index is 3010. The maximum Gasteiger partial charge on any atom is 0.252 e. The minimum Gasteiger partial charge on any atom is -0.311 e. The summed E-state index contributed by atoms with van der Waals surface area (Å²) in [6.45, 7) is 36.9. The number of fused-ring (bicyclic) bond motifs is 7. The van der Waals surface area contributed by atoms with Gasteiger partial charge in [-0.2, -0.15) is 0 Å². The zero-order valence-electron chi connectivity index (χ0n) is 42.2. The normalized spacial score (nSPS) is 20.6. The van der Waals surface area contributed by atoms with Gasteiger partial charge in [0.15, 0.2) is 0 Å². The van der Waals surface area contributed by atoms with E-state index in [-0.39, 0.29) is 39.2 Å². The van der Waals surface area contributed by atoms with Gasteiger partial charge in [0.1, 0.15) is 0 Å². The smallest absolute Gasteiger partial charge is 0.252 e. The van der Waals surface area contributed by atoms with Crippen molar-refractivity contribution in [2.75, 3.05) is 9.80 Å². The number of benzene rings is 6. The highest BCUT2D eigenvalue weighted by Crippen LogP contribution is 2.56. The topological polar surface area (TPSA) is 6.48 Å². The second kappa shape index (κ2) is 13.5. The van der Waals surface area contributed by atoms with Crippen molar-refractivity contribution in [1.82, 2.24) is 0 Å². The van der Waals surface area contributed by atoms with Crippen molar-refractivity contribution >= 4 is 57.2 Å². The molecule has 6 aromatic rings. The number of rotatable bonds is 3. The van der Waals surface area contributed by atoms with E-state index >= 15 is 0 Å². The number of hydrogen-bond donors (Lipinski definition) is 0. The molecule has 6 aromatic carbocycles. The lowest BCUT2D eigenvalue weighted by Crippen LogP contribution is -2.61. The molecule has 0 fully saturated rings. The van der Waals surface area contributed by atoms with Crippen molar-refractivity contribution in [1.29, 1.82) is 0 Å². The summed E-state index contributed by atoms with van der Waals surface area (Å²) >= 11 is 0. The minimum atomic E-state index is 0.0492. The molecular weight excluding hydrogens is 784 g/mol. The molecule has 0 aromatic heterocycles. The fraction of sp³-hybridized carbons (Fsp3) is 0.419. The van der Waals surface area contributed by atoms with E-state index in [0.29, 0.717) is 0 Å². The molecule has 0 spiro atoms. The lowest BCUT2D eigenvalue weighted by atomic mass is 9.33. The number of anilines is 6. The van der Waals surface area contributed by atoms with Gasteiger partial charge in [0.05, 0.1) is 0 Å². The van der Waals surface area contributed by atoms with Crippen LogP contribution in [0.3, 0.4) is 0 Å². The van der Waals surface area contributed by atoms with Crippen LogP contribution in [0.25, 0.3) is 11.1 Å². The Balaban J connectivity index is 1.27. The molecule has 2 nitrogen and oxygen atoms in total. The fourth-order valence-electron chi connectivity index (χ4n) is 14.1. The SMILES string of the molecule is Cc1cc2c3c(c1)N(c1ccc4c(c1C)C(C)(C)CCC4(C)C)c1cc4c(cc1B3c1cc(-c3ccccc3)ccc1N2c1cc2c(cc1C)C(C)(C)CCC2(C)C)C(C)(C)CC4(C)C. The third kappa shape index (κ3) is 6.11. The van der Waals surface area contributed by atoms with E-state index in [4.69, 9.17) is 0 Å². The Labute approximate surface area is 392 Å². The van der Waals surface area contributed by atoms with Crippen molar-refractivity contribution in [2.24, 2.45) is 0 Å². The van der Waals surface area contributed by atoms with Crippen LogP contribution in [0.5, 0.6) is 0 Å². The molecule has 0 bridgehead atoms. The Hall–Kier alpha value is -5.02. The van der Waals surface area contributed by atoms with Crippen LogP contribution < -0.4 is 26.2 Å². The molecule has 5 aliphatic rings. The molecule has 3 aliphatic carbocycles. The van der Waals surface area contributed by atoms with Gasteiger partial charge in [-0.15, -0.1) is 0 Å². The van der Waals surface area contributed by atoms with E-state index in [2.05, 4.69) is 211 Å². The van der Waals surface area contributed by atoms with E-state index in [0.717, 1.165) is 6.42 Å². The molecule has 2 aliphatic heterocycles. The Morgan fingerprint density at radius 1 is 0.400 bits per heavy atom. The summed E-state index contributed by atoms with van der Waals surface area (Å²) in [6.07, 6.45) is 5.92. The molecular formula is C62H71BN2. The Morgan fingerprint density at radius 2 is 0.908 bits per heavy atom. The highest BCUT2D eigenvalue weighted by molar-refractivity contribution is 7.00. The van der Waals surface area contributed by atoms with Gasteiger partial charge in [-0.1, -0.05) is 144 Å². The van der Waals surface area contributed by atoms with E-state index in [1.165, 1.54) is 132 Å². The summed E-state index contributed by atoms with van der Waals surface area (Å²) in [6, 6.07) is 39.0. The van der Waals surface area contributed by atoms with E-state index in [1.807, 2.05) is 0 Å². The van der Waals surface area contributed by atoms with Gasteiger partial charge >= 0.3 is 0 Å². The molecule has 0 saturated heterocycles. The Kier molecular flexibility index (Phi) is 8.88. The van der Waals surface area contributed by atoms with Crippen molar-refractivity contribution in [3.05, 3.63) is 147 Å². The summed E-state index contributed by atoms with van der Waals surface area (Å²) in [5, 5.41) is 0. The second-order valence-corrected chi connectivity index (χ2v) is 25.2. The summed E-state index contributed by atoms with van der Waals surface area (Å²) in [5.41, 5.74) is 28.4. The van der Waals surface area contributed by atoms with Crippen LogP contribution in [0.4, 0.5) is 34.1 Å². The standard InChI is InChI=1S/C62H71BN2/c1-37-29-53-56-54(30-37)65(51-34-45-43(31-38(51)2)58(6,7)25-26-59(45,8)9)50-23-21-41(40-19-17-16-18-20-40)32-47(50)63(56)48-33-44-46(62(14,15)36-61(44,12)13)35-52(48)64(53)49-24-22-42-55(39(49)3)60(10,11)28-27-57(42,4)5/h16-24,29-35H,25-28,36H2,1-15H3. The third-order valence-electron chi connectivity index (χ3n) is 17.7. The first kappa shape index (κ1) is 42.6. The summed E-state index contributed by atoms with van der Waals surface area (Å²) in [4.78, 5) is 5.43. The summed E-state index contributed by atoms with van der Waals surface area (Å²) in [7, 11) is 0. The number of nitrogens with zero attached hydrogens (tertiary/aromatic N) is 2. The van der Waals surface area contributed by atoms with Gasteiger partial charge in [-0.3, -0.25) is 0 Å². The van der Waals surface area contributed by atoms with Gasteiger partial charge in [0, 0.05) is 34.1 Å².